The predicted octanol–water partition coefficient (Wildman–Crippen LogP) is 16.1. The smallest absolute Gasteiger partial charge is 0.164 e. The summed E-state index contributed by atoms with van der Waals surface area (Å²) in [6, 6.07) is 88.4. The van der Waals surface area contributed by atoms with Crippen molar-refractivity contribution in [3.8, 4) is 78.9 Å². The molecule has 0 fully saturated rings. The van der Waals surface area contributed by atoms with Crippen molar-refractivity contribution >= 4 is 43.6 Å². The third-order valence-corrected chi connectivity index (χ3v) is 13.2. The van der Waals surface area contributed by atoms with E-state index in [0.717, 1.165) is 55.8 Å². The van der Waals surface area contributed by atoms with E-state index in [1.165, 1.54) is 49.2 Å². The zero-order valence-corrected chi connectivity index (χ0v) is 36.9. The van der Waals surface area contributed by atoms with Crippen LogP contribution in [-0.4, -0.2) is 24.1 Å². The minimum Gasteiger partial charge on any atom is -0.309 e. The van der Waals surface area contributed by atoms with Crippen LogP contribution >= 0.6 is 0 Å². The van der Waals surface area contributed by atoms with Gasteiger partial charge in [-0.15, -0.1) is 0 Å². The van der Waals surface area contributed by atoms with Gasteiger partial charge in [-0.1, -0.05) is 182 Å². The van der Waals surface area contributed by atoms with Crippen LogP contribution in [0.5, 0.6) is 0 Å². The Morgan fingerprint density at radius 2 is 0.603 bits per heavy atom. The summed E-state index contributed by atoms with van der Waals surface area (Å²) in [5.41, 5.74) is 16.7. The molecule has 0 saturated carbocycles. The molecule has 0 bridgehead atoms. The number of fused-ring (bicyclic) bond motifs is 6. The first-order valence-corrected chi connectivity index (χ1v) is 23.0. The lowest BCUT2D eigenvalue weighted by Crippen LogP contribution is -2.00. The number of nitrogens with zero attached hydrogens (tertiary/aromatic N) is 5. The van der Waals surface area contributed by atoms with Gasteiger partial charge in [0.2, 0.25) is 0 Å². The molecule has 13 aromatic rings. The zero-order chi connectivity index (χ0) is 45.0. The molecule has 318 valence electrons. The second-order valence-electron chi connectivity index (χ2n) is 17.2. The molecule has 0 N–H and O–H groups in total. The third kappa shape index (κ3) is 6.76. The average molecular weight is 868 g/mol. The Kier molecular flexibility index (Phi) is 9.43. The molecule has 0 aliphatic heterocycles. The second kappa shape index (κ2) is 16.4. The van der Waals surface area contributed by atoms with Crippen LogP contribution in [0.1, 0.15) is 0 Å². The first kappa shape index (κ1) is 39.2. The fourth-order valence-electron chi connectivity index (χ4n) is 10.0. The monoisotopic (exact) mass is 867 g/mol. The fourth-order valence-corrected chi connectivity index (χ4v) is 10.0. The van der Waals surface area contributed by atoms with Gasteiger partial charge in [-0.05, 0) is 100 Å². The van der Waals surface area contributed by atoms with Crippen molar-refractivity contribution in [2.75, 3.05) is 0 Å². The maximum atomic E-state index is 5.04. The van der Waals surface area contributed by atoms with Crippen LogP contribution in [0.15, 0.2) is 249 Å². The Morgan fingerprint density at radius 3 is 1.16 bits per heavy atom. The first-order chi connectivity index (χ1) is 33.7. The van der Waals surface area contributed by atoms with Crippen LogP contribution in [0.4, 0.5) is 0 Å². The molecule has 0 spiro atoms. The summed E-state index contributed by atoms with van der Waals surface area (Å²) in [5.74, 6) is 1.91. The molecule has 68 heavy (non-hydrogen) atoms. The average Bonchev–Trinajstić information content (AvgIpc) is 3.94. The molecule has 10 aromatic carbocycles. The SMILES string of the molecule is c1ccc(-c2nc(-c3ccccc3)nc(-c3cccc(-c4ccccc4-c4cccc(-n5c6ccccc6c6cc(-c7ccc8c(c7)c7ccccc7n8-c7ccccc7)ccc65)c4)c3)n2)cc1. The Labute approximate surface area is 393 Å². The molecule has 5 heteroatoms. The van der Waals surface area contributed by atoms with E-state index < -0.39 is 0 Å². The van der Waals surface area contributed by atoms with Gasteiger partial charge in [-0.25, -0.2) is 15.0 Å². The molecular weight excluding hydrogens is 827 g/mol. The van der Waals surface area contributed by atoms with E-state index in [4.69, 9.17) is 15.0 Å². The summed E-state index contributed by atoms with van der Waals surface area (Å²) in [4.78, 5) is 15.0. The molecule has 0 radical (unpaired) electrons. The maximum Gasteiger partial charge on any atom is 0.164 e. The molecule has 0 saturated heterocycles. The lowest BCUT2D eigenvalue weighted by Gasteiger charge is -2.14. The van der Waals surface area contributed by atoms with Gasteiger partial charge in [0, 0.05) is 49.6 Å². The second-order valence-corrected chi connectivity index (χ2v) is 17.2. The van der Waals surface area contributed by atoms with E-state index in [1.807, 2.05) is 60.7 Å². The van der Waals surface area contributed by atoms with Gasteiger partial charge in [0.1, 0.15) is 0 Å². The van der Waals surface area contributed by atoms with E-state index in [9.17, 15) is 0 Å². The highest BCUT2D eigenvalue weighted by Gasteiger charge is 2.18. The van der Waals surface area contributed by atoms with Gasteiger partial charge in [-0.3, -0.25) is 0 Å². The molecule has 0 atom stereocenters. The number of hydrogen-bond acceptors (Lipinski definition) is 3. The van der Waals surface area contributed by atoms with Gasteiger partial charge >= 0.3 is 0 Å². The van der Waals surface area contributed by atoms with Crippen molar-refractivity contribution in [3.05, 3.63) is 249 Å². The van der Waals surface area contributed by atoms with Gasteiger partial charge < -0.3 is 9.13 Å². The van der Waals surface area contributed by atoms with Crippen molar-refractivity contribution in [1.29, 1.82) is 0 Å². The summed E-state index contributed by atoms with van der Waals surface area (Å²) in [6.45, 7) is 0. The molecule has 3 aromatic heterocycles. The highest BCUT2D eigenvalue weighted by atomic mass is 15.0. The van der Waals surface area contributed by atoms with Crippen LogP contribution in [0.3, 0.4) is 0 Å². The molecular formula is C63H41N5. The summed E-state index contributed by atoms with van der Waals surface area (Å²) in [7, 11) is 0. The van der Waals surface area contributed by atoms with Crippen molar-refractivity contribution < 1.29 is 0 Å². The van der Waals surface area contributed by atoms with Gasteiger partial charge in [0.05, 0.1) is 22.1 Å². The fraction of sp³-hybridized carbons (Fsp3) is 0. The Hall–Kier alpha value is -9.19. The Morgan fingerprint density at radius 1 is 0.221 bits per heavy atom. The number of aromatic nitrogens is 5. The number of rotatable bonds is 8. The van der Waals surface area contributed by atoms with E-state index in [1.54, 1.807) is 0 Å². The summed E-state index contributed by atoms with van der Waals surface area (Å²) >= 11 is 0. The summed E-state index contributed by atoms with van der Waals surface area (Å²) in [6.07, 6.45) is 0. The van der Waals surface area contributed by atoms with Crippen molar-refractivity contribution in [2.45, 2.75) is 0 Å². The van der Waals surface area contributed by atoms with Crippen LogP contribution < -0.4 is 0 Å². The van der Waals surface area contributed by atoms with Crippen LogP contribution in [0, 0.1) is 0 Å². The quantitative estimate of drug-likeness (QED) is 0.153. The van der Waals surface area contributed by atoms with Gasteiger partial charge in [-0.2, -0.15) is 0 Å². The van der Waals surface area contributed by atoms with Crippen molar-refractivity contribution in [2.24, 2.45) is 0 Å². The van der Waals surface area contributed by atoms with Crippen molar-refractivity contribution in [1.82, 2.24) is 24.1 Å². The molecule has 13 rings (SSSR count). The van der Waals surface area contributed by atoms with Crippen LogP contribution in [-0.2, 0) is 0 Å². The van der Waals surface area contributed by atoms with Crippen LogP contribution in [0.25, 0.3) is 123 Å². The minimum absolute atomic E-state index is 0.629. The minimum atomic E-state index is 0.629. The largest absolute Gasteiger partial charge is 0.309 e. The topological polar surface area (TPSA) is 48.5 Å². The van der Waals surface area contributed by atoms with E-state index >= 15 is 0 Å². The maximum absolute atomic E-state index is 5.04. The van der Waals surface area contributed by atoms with E-state index in [2.05, 4.69) is 197 Å². The Bertz CT molecular complexity index is 3960. The molecule has 0 aliphatic carbocycles. The molecule has 0 unspecified atom stereocenters. The number of benzene rings is 10. The van der Waals surface area contributed by atoms with Gasteiger partial charge in [0.15, 0.2) is 17.5 Å². The molecule has 5 nitrogen and oxygen atoms in total. The zero-order valence-electron chi connectivity index (χ0n) is 36.9. The number of hydrogen-bond donors (Lipinski definition) is 0. The van der Waals surface area contributed by atoms with Gasteiger partial charge in [0.25, 0.3) is 0 Å². The standard InChI is InChI=1S/C63H41N5/c1-4-18-42(19-5-1)61-64-62(43-20-6-2-7-21-43)66-63(65-61)48-24-16-22-46(38-48)51-28-10-11-29-52(51)47-23-17-27-50(39-47)68-58-33-15-13-31-54(58)56-41-45(35-37-60(56)68)44-34-36-59-55(40-44)53-30-12-14-32-57(53)67(59)49-25-8-3-9-26-49/h1-41H. The highest BCUT2D eigenvalue weighted by molar-refractivity contribution is 6.12. The molecule has 3 heterocycles. The van der Waals surface area contributed by atoms with Crippen molar-refractivity contribution in [3.63, 3.8) is 0 Å². The first-order valence-electron chi connectivity index (χ1n) is 23.0. The van der Waals surface area contributed by atoms with Crippen LogP contribution in [0.2, 0.25) is 0 Å². The molecule has 0 aliphatic rings. The lowest BCUT2D eigenvalue weighted by atomic mass is 9.93. The van der Waals surface area contributed by atoms with E-state index in [0.29, 0.717) is 17.5 Å². The molecule has 0 amide bonds. The normalized spacial score (nSPS) is 11.5. The summed E-state index contributed by atoms with van der Waals surface area (Å²) in [5, 5.41) is 4.93. The summed E-state index contributed by atoms with van der Waals surface area (Å²) < 4.78 is 4.78. The Balaban J connectivity index is 0.890. The lowest BCUT2D eigenvalue weighted by molar-refractivity contribution is 1.07. The number of para-hydroxylation sites is 3. The van der Waals surface area contributed by atoms with E-state index in [-0.39, 0.29) is 0 Å². The third-order valence-electron chi connectivity index (χ3n) is 13.2. The predicted molar refractivity (Wildman–Crippen MR) is 281 cm³/mol. The highest BCUT2D eigenvalue weighted by Crippen LogP contribution is 2.40.